The smallest absolute Gasteiger partial charge is 0.0240 e. The van der Waals surface area contributed by atoms with Gasteiger partial charge in [0.1, 0.15) is 0 Å². The van der Waals surface area contributed by atoms with Crippen molar-refractivity contribution in [2.45, 2.75) is 17.6 Å². The molecule has 0 saturated carbocycles. The molecule has 0 atom stereocenters. The number of thioether (sulfide) groups is 1. The molecule has 0 aromatic heterocycles. The maximum Gasteiger partial charge on any atom is 0.0240 e. The molecule has 1 heteroatoms. The molecule has 0 fully saturated rings. The van der Waals surface area contributed by atoms with Crippen LogP contribution in [0.2, 0.25) is 0 Å². The van der Waals surface area contributed by atoms with Gasteiger partial charge in [-0.25, -0.2) is 0 Å². The van der Waals surface area contributed by atoms with Crippen LogP contribution in [0.15, 0.2) is 71.6 Å². The van der Waals surface area contributed by atoms with E-state index in [4.69, 9.17) is 0 Å². The van der Waals surface area contributed by atoms with Gasteiger partial charge in [-0.2, -0.15) is 0 Å². The van der Waals surface area contributed by atoms with Crippen molar-refractivity contribution in [3.05, 3.63) is 77.9 Å². The highest BCUT2D eigenvalue weighted by Gasteiger charge is 2.05. The van der Waals surface area contributed by atoms with Crippen molar-refractivity contribution < 1.29 is 0 Å². The molecule has 0 aliphatic carbocycles. The van der Waals surface area contributed by atoms with Gasteiger partial charge in [0.05, 0.1) is 0 Å². The molecule has 3 aromatic rings. The molecule has 0 N–H and O–H groups in total. The van der Waals surface area contributed by atoms with Gasteiger partial charge in [-0.15, -0.1) is 11.8 Å². The monoisotopic (exact) mass is 264 g/mol. The lowest BCUT2D eigenvalue weighted by Crippen LogP contribution is -1.89. The highest BCUT2D eigenvalue weighted by Crippen LogP contribution is 2.29. The van der Waals surface area contributed by atoms with E-state index in [-0.39, 0.29) is 0 Å². The summed E-state index contributed by atoms with van der Waals surface area (Å²) in [6, 6.07) is 23.7. The Hall–Kier alpha value is -1.73. The Labute approximate surface area is 118 Å². The molecule has 0 bridgehead atoms. The maximum atomic E-state index is 2.23. The van der Waals surface area contributed by atoms with E-state index >= 15 is 0 Å². The lowest BCUT2D eigenvalue weighted by Gasteiger charge is -2.10. The molecule has 94 valence electrons. The molecule has 19 heavy (non-hydrogen) atoms. The second kappa shape index (κ2) is 5.50. The number of hydrogen-bond acceptors (Lipinski definition) is 1. The van der Waals surface area contributed by atoms with Crippen molar-refractivity contribution in [3.8, 4) is 0 Å². The van der Waals surface area contributed by atoms with Crippen molar-refractivity contribution in [2.75, 3.05) is 0 Å². The summed E-state index contributed by atoms with van der Waals surface area (Å²) in [6.45, 7) is 2.20. The van der Waals surface area contributed by atoms with Crippen molar-refractivity contribution in [1.82, 2.24) is 0 Å². The van der Waals surface area contributed by atoms with Crippen LogP contribution in [0.25, 0.3) is 10.8 Å². The normalized spacial score (nSPS) is 10.8. The van der Waals surface area contributed by atoms with Crippen LogP contribution in [-0.2, 0) is 5.75 Å². The fraction of sp³-hybridized carbons (Fsp3) is 0.111. The van der Waals surface area contributed by atoms with Gasteiger partial charge in [0, 0.05) is 10.6 Å². The summed E-state index contributed by atoms with van der Waals surface area (Å²) in [5.41, 5.74) is 2.83. The average molecular weight is 264 g/mol. The predicted octanol–water partition coefficient (Wildman–Crippen LogP) is 5.44. The van der Waals surface area contributed by atoms with Crippen LogP contribution in [0.1, 0.15) is 11.1 Å². The predicted molar refractivity (Wildman–Crippen MR) is 84.7 cm³/mol. The first-order chi connectivity index (χ1) is 9.34. The molecule has 0 radical (unpaired) electrons. The van der Waals surface area contributed by atoms with Crippen LogP contribution < -0.4 is 0 Å². The van der Waals surface area contributed by atoms with Gasteiger partial charge >= 0.3 is 0 Å². The molecule has 0 spiro atoms. The number of aryl methyl sites for hydroxylation is 1. The SMILES string of the molecule is Cc1ccc2ccccc2c1CSc1ccccc1. The molecule has 3 rings (SSSR count). The third-order valence-corrected chi connectivity index (χ3v) is 4.44. The van der Waals surface area contributed by atoms with Gasteiger partial charge in [-0.05, 0) is 41.0 Å². The summed E-state index contributed by atoms with van der Waals surface area (Å²) in [6.07, 6.45) is 0. The topological polar surface area (TPSA) is 0 Å². The van der Waals surface area contributed by atoms with E-state index in [0.717, 1.165) is 5.75 Å². The first-order valence-electron chi connectivity index (χ1n) is 6.50. The summed E-state index contributed by atoms with van der Waals surface area (Å²) in [5, 5.41) is 2.71. The fourth-order valence-electron chi connectivity index (χ4n) is 2.31. The molecular weight excluding hydrogens is 248 g/mol. The Bertz CT molecular complexity index is 686. The van der Waals surface area contributed by atoms with Crippen LogP contribution in [0.5, 0.6) is 0 Å². The van der Waals surface area contributed by atoms with Gasteiger partial charge < -0.3 is 0 Å². The zero-order chi connectivity index (χ0) is 13.1. The third kappa shape index (κ3) is 2.66. The molecule has 0 nitrogen and oxygen atoms in total. The first-order valence-corrected chi connectivity index (χ1v) is 7.48. The van der Waals surface area contributed by atoms with Crippen LogP contribution in [-0.4, -0.2) is 0 Å². The van der Waals surface area contributed by atoms with Crippen LogP contribution >= 0.6 is 11.8 Å². The van der Waals surface area contributed by atoms with Crippen molar-refractivity contribution in [3.63, 3.8) is 0 Å². The molecule has 0 saturated heterocycles. The van der Waals surface area contributed by atoms with Crippen molar-refractivity contribution in [1.29, 1.82) is 0 Å². The van der Waals surface area contributed by atoms with Gasteiger partial charge in [-0.1, -0.05) is 54.6 Å². The summed E-state index contributed by atoms with van der Waals surface area (Å²) in [5.74, 6) is 1.02. The largest absolute Gasteiger partial charge is 0.121 e. The summed E-state index contributed by atoms with van der Waals surface area (Å²) < 4.78 is 0. The second-order valence-electron chi connectivity index (χ2n) is 4.68. The highest BCUT2D eigenvalue weighted by molar-refractivity contribution is 7.98. The van der Waals surface area contributed by atoms with Crippen molar-refractivity contribution >= 4 is 22.5 Å². The van der Waals surface area contributed by atoms with E-state index < -0.39 is 0 Å². The molecular formula is C18H16S. The van der Waals surface area contributed by atoms with Crippen LogP contribution in [0.4, 0.5) is 0 Å². The van der Waals surface area contributed by atoms with E-state index in [9.17, 15) is 0 Å². The minimum absolute atomic E-state index is 1.02. The first kappa shape index (κ1) is 12.3. The number of benzene rings is 3. The van der Waals surface area contributed by atoms with Gasteiger partial charge in [-0.3, -0.25) is 0 Å². The minimum Gasteiger partial charge on any atom is -0.121 e. The molecule has 0 unspecified atom stereocenters. The van der Waals surface area contributed by atoms with E-state index in [1.54, 1.807) is 0 Å². The Morgan fingerprint density at radius 1 is 0.789 bits per heavy atom. The molecule has 3 aromatic carbocycles. The Kier molecular flexibility index (Phi) is 3.56. The lowest BCUT2D eigenvalue weighted by atomic mass is 10.0. The standard InChI is InChI=1S/C18H16S/c1-14-11-12-15-7-5-6-10-17(15)18(14)13-19-16-8-3-2-4-9-16/h2-12H,13H2,1H3. The molecule has 0 heterocycles. The fourth-order valence-corrected chi connectivity index (χ4v) is 3.35. The summed E-state index contributed by atoms with van der Waals surface area (Å²) in [7, 11) is 0. The number of rotatable bonds is 3. The Morgan fingerprint density at radius 2 is 1.53 bits per heavy atom. The molecule has 0 amide bonds. The summed E-state index contributed by atoms with van der Waals surface area (Å²) >= 11 is 1.90. The van der Waals surface area contributed by atoms with E-state index in [2.05, 4.69) is 73.7 Å². The van der Waals surface area contributed by atoms with E-state index in [0.29, 0.717) is 0 Å². The average Bonchev–Trinajstić information content (AvgIpc) is 2.47. The summed E-state index contributed by atoms with van der Waals surface area (Å²) in [4.78, 5) is 1.33. The van der Waals surface area contributed by atoms with E-state index in [1.165, 1.54) is 26.8 Å². The van der Waals surface area contributed by atoms with E-state index in [1.807, 2.05) is 11.8 Å². The second-order valence-corrected chi connectivity index (χ2v) is 5.73. The maximum absolute atomic E-state index is 2.23. The van der Waals surface area contributed by atoms with Crippen LogP contribution in [0, 0.1) is 6.92 Å². The Morgan fingerprint density at radius 3 is 2.37 bits per heavy atom. The zero-order valence-corrected chi connectivity index (χ0v) is 11.8. The third-order valence-electron chi connectivity index (χ3n) is 3.40. The Balaban J connectivity index is 1.94. The van der Waals surface area contributed by atoms with Crippen LogP contribution in [0.3, 0.4) is 0 Å². The lowest BCUT2D eigenvalue weighted by molar-refractivity contribution is 1.33. The van der Waals surface area contributed by atoms with Gasteiger partial charge in [0.25, 0.3) is 0 Å². The highest BCUT2D eigenvalue weighted by atomic mass is 32.2. The quantitative estimate of drug-likeness (QED) is 0.567. The molecule has 0 aliphatic rings. The number of fused-ring (bicyclic) bond motifs is 1. The number of hydrogen-bond donors (Lipinski definition) is 0. The van der Waals surface area contributed by atoms with Gasteiger partial charge in [0.15, 0.2) is 0 Å². The molecule has 0 aliphatic heterocycles. The zero-order valence-electron chi connectivity index (χ0n) is 11.0. The minimum atomic E-state index is 1.02. The van der Waals surface area contributed by atoms with Crippen molar-refractivity contribution in [2.24, 2.45) is 0 Å². The van der Waals surface area contributed by atoms with Gasteiger partial charge in [0.2, 0.25) is 0 Å².